The molecule has 0 spiro atoms. The third-order valence-electron chi connectivity index (χ3n) is 5.88. The molecule has 4 rings (SSSR count). The standard InChI is InChI=1S/C24H26N4O4/c1-6-15(7-2)18-11-12(3)27-28-20(13(4)26-22(18)28)19-14(5)31-21-16(19)9-8-10-17(21)23(29)32-24(25)30/h8-11,15H,6-7H2,1-5H3,(H2,25,30). The van der Waals surface area contributed by atoms with Crippen LogP contribution in [0.15, 0.2) is 28.7 Å². The number of para-hydroxylation sites is 1. The lowest BCUT2D eigenvalue weighted by molar-refractivity contribution is 0.0639. The molecule has 1 amide bonds. The highest BCUT2D eigenvalue weighted by Gasteiger charge is 2.26. The number of nitrogens with two attached hydrogens (primary N) is 1. The van der Waals surface area contributed by atoms with Crippen molar-refractivity contribution in [2.75, 3.05) is 0 Å². The van der Waals surface area contributed by atoms with Crippen LogP contribution in [0.4, 0.5) is 4.79 Å². The van der Waals surface area contributed by atoms with Gasteiger partial charge < -0.3 is 14.9 Å². The van der Waals surface area contributed by atoms with E-state index in [9.17, 15) is 9.59 Å². The van der Waals surface area contributed by atoms with Crippen LogP contribution in [-0.2, 0) is 4.74 Å². The minimum absolute atomic E-state index is 0.129. The molecule has 0 radical (unpaired) electrons. The molecule has 1 aromatic carbocycles. The van der Waals surface area contributed by atoms with Gasteiger partial charge in [-0.25, -0.2) is 19.1 Å². The van der Waals surface area contributed by atoms with Gasteiger partial charge in [0.2, 0.25) is 0 Å². The molecule has 3 aromatic heterocycles. The zero-order valence-electron chi connectivity index (χ0n) is 18.9. The van der Waals surface area contributed by atoms with Gasteiger partial charge in [0.05, 0.1) is 22.6 Å². The number of fused-ring (bicyclic) bond motifs is 2. The first-order chi connectivity index (χ1) is 15.3. The van der Waals surface area contributed by atoms with Crippen LogP contribution in [0.25, 0.3) is 27.9 Å². The summed E-state index contributed by atoms with van der Waals surface area (Å²) in [4.78, 5) is 28.3. The SMILES string of the molecule is CCC(CC)c1cc(C)nn2c(-c3c(C)oc4c(C(=O)OC(N)=O)cccc34)c(C)nc12. The molecule has 0 saturated carbocycles. The Labute approximate surface area is 185 Å². The van der Waals surface area contributed by atoms with E-state index >= 15 is 0 Å². The summed E-state index contributed by atoms with van der Waals surface area (Å²) in [5.74, 6) is 0.131. The van der Waals surface area contributed by atoms with Crippen molar-refractivity contribution in [3.8, 4) is 11.3 Å². The van der Waals surface area contributed by atoms with Gasteiger partial charge in [-0.2, -0.15) is 5.10 Å². The number of esters is 1. The zero-order valence-corrected chi connectivity index (χ0v) is 18.9. The van der Waals surface area contributed by atoms with Crippen molar-refractivity contribution in [2.24, 2.45) is 5.73 Å². The second-order valence-corrected chi connectivity index (χ2v) is 7.96. The summed E-state index contributed by atoms with van der Waals surface area (Å²) >= 11 is 0. The van der Waals surface area contributed by atoms with Crippen LogP contribution in [0, 0.1) is 20.8 Å². The molecule has 2 N–H and O–H groups in total. The summed E-state index contributed by atoms with van der Waals surface area (Å²) in [6, 6.07) is 7.22. The third kappa shape index (κ3) is 3.41. The normalized spacial score (nSPS) is 11.6. The molecule has 0 aliphatic rings. The maximum atomic E-state index is 12.4. The van der Waals surface area contributed by atoms with Crippen molar-refractivity contribution >= 4 is 28.7 Å². The molecule has 8 nitrogen and oxygen atoms in total. The van der Waals surface area contributed by atoms with Crippen LogP contribution in [-0.4, -0.2) is 26.7 Å². The molecule has 0 saturated heterocycles. The van der Waals surface area contributed by atoms with Crippen LogP contribution in [0.5, 0.6) is 0 Å². The van der Waals surface area contributed by atoms with Gasteiger partial charge in [-0.1, -0.05) is 26.0 Å². The number of carbonyl (C=O) groups is 2. The third-order valence-corrected chi connectivity index (χ3v) is 5.88. The summed E-state index contributed by atoms with van der Waals surface area (Å²) in [5.41, 5.74) is 10.8. The number of hydrogen-bond acceptors (Lipinski definition) is 6. The van der Waals surface area contributed by atoms with E-state index in [1.807, 2.05) is 31.4 Å². The quantitative estimate of drug-likeness (QED) is 0.341. The molecule has 4 aromatic rings. The monoisotopic (exact) mass is 434 g/mol. The molecule has 0 aliphatic carbocycles. The molecule has 8 heteroatoms. The average Bonchev–Trinajstić information content (AvgIpc) is 3.23. The summed E-state index contributed by atoms with van der Waals surface area (Å²) in [6.07, 6.45) is 0.855. The van der Waals surface area contributed by atoms with Gasteiger partial charge in [0.15, 0.2) is 5.65 Å². The Hall–Kier alpha value is -3.68. The van der Waals surface area contributed by atoms with E-state index in [0.717, 1.165) is 41.1 Å². The molecule has 0 unspecified atom stereocenters. The zero-order chi connectivity index (χ0) is 23.2. The van der Waals surface area contributed by atoms with Crippen LogP contribution in [0.3, 0.4) is 0 Å². The maximum Gasteiger partial charge on any atom is 0.412 e. The fraction of sp³-hybridized carbons (Fsp3) is 0.333. The lowest BCUT2D eigenvalue weighted by atomic mass is 9.95. The van der Waals surface area contributed by atoms with Gasteiger partial charge in [0, 0.05) is 10.9 Å². The number of hydrogen-bond donors (Lipinski definition) is 1. The Morgan fingerprint density at radius 2 is 1.91 bits per heavy atom. The minimum atomic E-state index is -1.17. The van der Waals surface area contributed by atoms with Crippen LogP contribution >= 0.6 is 0 Å². The van der Waals surface area contributed by atoms with E-state index in [1.54, 1.807) is 6.07 Å². The van der Waals surface area contributed by atoms with Gasteiger partial charge in [0.25, 0.3) is 0 Å². The number of benzene rings is 1. The molecule has 32 heavy (non-hydrogen) atoms. The number of aryl methyl sites for hydroxylation is 3. The Bertz CT molecular complexity index is 1360. The summed E-state index contributed by atoms with van der Waals surface area (Å²) in [6.45, 7) is 10.1. The van der Waals surface area contributed by atoms with E-state index in [2.05, 4.69) is 24.7 Å². The van der Waals surface area contributed by atoms with Crippen molar-refractivity contribution < 1.29 is 18.7 Å². The van der Waals surface area contributed by atoms with Crippen molar-refractivity contribution in [1.82, 2.24) is 14.6 Å². The summed E-state index contributed by atoms with van der Waals surface area (Å²) in [7, 11) is 0. The van der Waals surface area contributed by atoms with Gasteiger partial charge in [-0.05, 0) is 51.7 Å². The predicted molar refractivity (Wildman–Crippen MR) is 121 cm³/mol. The van der Waals surface area contributed by atoms with Crippen molar-refractivity contribution in [3.05, 3.63) is 52.5 Å². The Kier molecular flexibility index (Phi) is 5.46. The molecule has 0 fully saturated rings. The van der Waals surface area contributed by atoms with E-state index in [1.165, 1.54) is 11.6 Å². The highest BCUT2D eigenvalue weighted by molar-refractivity contribution is 6.09. The fourth-order valence-electron chi connectivity index (χ4n) is 4.43. The predicted octanol–water partition coefficient (Wildman–Crippen LogP) is 5.21. The second kappa shape index (κ2) is 8.11. The van der Waals surface area contributed by atoms with Crippen LogP contribution < -0.4 is 5.73 Å². The number of aromatic nitrogens is 3. The topological polar surface area (TPSA) is 113 Å². The maximum absolute atomic E-state index is 12.4. The molecule has 0 bridgehead atoms. The second-order valence-electron chi connectivity index (χ2n) is 7.96. The van der Waals surface area contributed by atoms with Crippen LogP contribution in [0.2, 0.25) is 0 Å². The van der Waals surface area contributed by atoms with Crippen LogP contribution in [0.1, 0.15) is 65.7 Å². The van der Waals surface area contributed by atoms with Gasteiger partial charge >= 0.3 is 12.1 Å². The minimum Gasteiger partial charge on any atom is -0.460 e. The number of furan rings is 1. The first kappa shape index (κ1) is 21.5. The van der Waals surface area contributed by atoms with Gasteiger partial charge in [0.1, 0.15) is 16.9 Å². The first-order valence-electron chi connectivity index (χ1n) is 10.7. The largest absolute Gasteiger partial charge is 0.460 e. The van der Waals surface area contributed by atoms with Gasteiger partial charge in [-0.3, -0.25) is 0 Å². The van der Waals surface area contributed by atoms with E-state index in [-0.39, 0.29) is 5.56 Å². The van der Waals surface area contributed by atoms with Crippen molar-refractivity contribution in [3.63, 3.8) is 0 Å². The molecular formula is C24H26N4O4. The number of ether oxygens (including phenoxy) is 1. The van der Waals surface area contributed by atoms with E-state index < -0.39 is 12.1 Å². The fourth-order valence-corrected chi connectivity index (χ4v) is 4.43. The summed E-state index contributed by atoms with van der Waals surface area (Å²) in [5, 5.41) is 5.48. The summed E-state index contributed by atoms with van der Waals surface area (Å²) < 4.78 is 12.4. The lowest BCUT2D eigenvalue weighted by Crippen LogP contribution is -2.18. The van der Waals surface area contributed by atoms with E-state index in [0.29, 0.717) is 22.6 Å². The number of rotatable bonds is 5. The molecular weight excluding hydrogens is 408 g/mol. The molecule has 3 heterocycles. The number of carbonyl (C=O) groups excluding carboxylic acids is 2. The molecule has 166 valence electrons. The molecule has 0 aliphatic heterocycles. The average molecular weight is 434 g/mol. The highest BCUT2D eigenvalue weighted by atomic mass is 16.6. The number of nitrogens with zero attached hydrogens (tertiary/aromatic N) is 3. The van der Waals surface area contributed by atoms with Crippen molar-refractivity contribution in [1.29, 1.82) is 0 Å². The Morgan fingerprint density at radius 1 is 1.19 bits per heavy atom. The van der Waals surface area contributed by atoms with Gasteiger partial charge in [-0.15, -0.1) is 0 Å². The van der Waals surface area contributed by atoms with E-state index in [4.69, 9.17) is 20.2 Å². The molecule has 0 atom stereocenters. The Balaban J connectivity index is 2.00. The number of primary amides is 1. The van der Waals surface area contributed by atoms with Crippen molar-refractivity contribution in [2.45, 2.75) is 53.4 Å². The highest BCUT2D eigenvalue weighted by Crippen LogP contribution is 2.39. The Morgan fingerprint density at radius 3 is 2.56 bits per heavy atom. The first-order valence-corrected chi connectivity index (χ1v) is 10.7. The number of imidazole rings is 1. The number of amides is 1. The smallest absolute Gasteiger partial charge is 0.412 e. The lowest BCUT2D eigenvalue weighted by Gasteiger charge is -2.14.